The zero-order chi connectivity index (χ0) is 12.4. The average Bonchev–Trinajstić information content (AvgIpc) is 2.32. The normalized spacial score (nSPS) is 20.4. The van der Waals surface area contributed by atoms with Gasteiger partial charge in [-0.05, 0) is 53.6 Å². The van der Waals surface area contributed by atoms with E-state index < -0.39 is 0 Å². The van der Waals surface area contributed by atoms with Gasteiger partial charge in [0.15, 0.2) is 0 Å². The fraction of sp³-hybridized carbons (Fsp3) is 0.417. The highest BCUT2D eigenvalue weighted by molar-refractivity contribution is 14.1. The lowest BCUT2D eigenvalue weighted by Gasteiger charge is -2.29. The van der Waals surface area contributed by atoms with Gasteiger partial charge >= 0.3 is 0 Å². The zero-order valence-electron chi connectivity index (χ0n) is 9.13. The quantitative estimate of drug-likeness (QED) is 0.533. The third kappa shape index (κ3) is 3.26. The molecular weight excluding hydrogens is 372 g/mol. The second-order valence-corrected chi connectivity index (χ2v) is 6.31. The third-order valence-electron chi connectivity index (χ3n) is 2.82. The van der Waals surface area contributed by atoms with E-state index in [0.717, 1.165) is 23.0 Å². The molecule has 2 rings (SSSR count). The Morgan fingerprint density at radius 3 is 2.88 bits per heavy atom. The molecule has 0 radical (unpaired) electrons. The van der Waals surface area contributed by atoms with E-state index in [9.17, 15) is 4.79 Å². The Hall–Kier alpha value is -0.000000000000000167. The van der Waals surface area contributed by atoms with Crippen molar-refractivity contribution in [1.29, 1.82) is 0 Å². The molecule has 1 saturated heterocycles. The van der Waals surface area contributed by atoms with Gasteiger partial charge in [0.2, 0.25) is 0 Å². The second-order valence-electron chi connectivity index (χ2n) is 4.12. The van der Waals surface area contributed by atoms with Crippen LogP contribution in [0.5, 0.6) is 0 Å². The SMILES string of the molecule is O=C(c1ccc(I)c(Cl)c1)N1CCCC(Cl)C1. The molecule has 1 fully saturated rings. The highest BCUT2D eigenvalue weighted by Crippen LogP contribution is 2.22. The van der Waals surface area contributed by atoms with Crippen LogP contribution in [0.15, 0.2) is 18.2 Å². The molecule has 92 valence electrons. The number of alkyl halides is 1. The van der Waals surface area contributed by atoms with Gasteiger partial charge in [0, 0.05) is 22.2 Å². The molecule has 0 spiro atoms. The van der Waals surface area contributed by atoms with Crippen LogP contribution in [0.1, 0.15) is 23.2 Å². The number of piperidine rings is 1. The predicted molar refractivity (Wildman–Crippen MR) is 78.9 cm³/mol. The van der Waals surface area contributed by atoms with E-state index in [-0.39, 0.29) is 11.3 Å². The molecule has 1 atom stereocenters. The molecule has 1 aliphatic heterocycles. The summed E-state index contributed by atoms with van der Waals surface area (Å²) in [6.45, 7) is 1.41. The number of benzene rings is 1. The predicted octanol–water partition coefficient (Wildman–Crippen LogP) is 3.79. The summed E-state index contributed by atoms with van der Waals surface area (Å²) in [4.78, 5) is 14.0. The molecule has 17 heavy (non-hydrogen) atoms. The van der Waals surface area contributed by atoms with Gasteiger partial charge in [-0.25, -0.2) is 0 Å². The minimum absolute atomic E-state index is 0.0219. The molecule has 1 heterocycles. The zero-order valence-corrected chi connectivity index (χ0v) is 12.8. The summed E-state index contributed by atoms with van der Waals surface area (Å²) in [6.07, 6.45) is 1.96. The van der Waals surface area contributed by atoms with Crippen molar-refractivity contribution in [3.05, 3.63) is 32.4 Å². The first-order chi connectivity index (χ1) is 8.08. The first kappa shape index (κ1) is 13.4. The first-order valence-corrected chi connectivity index (χ1v) is 7.35. The topological polar surface area (TPSA) is 20.3 Å². The van der Waals surface area contributed by atoms with Crippen LogP contribution in [0.4, 0.5) is 0 Å². The Labute approximate surface area is 124 Å². The monoisotopic (exact) mass is 383 g/mol. The summed E-state index contributed by atoms with van der Waals surface area (Å²) in [5.41, 5.74) is 0.640. The lowest BCUT2D eigenvalue weighted by atomic mass is 10.1. The summed E-state index contributed by atoms with van der Waals surface area (Å²) in [5.74, 6) is 0.0219. The van der Waals surface area contributed by atoms with Gasteiger partial charge in [-0.3, -0.25) is 4.79 Å². The standard InChI is InChI=1S/C12H12Cl2INO/c13-9-2-1-5-16(7-9)12(17)8-3-4-11(15)10(14)6-8/h3-4,6,9H,1-2,5,7H2. The Kier molecular flexibility index (Phi) is 4.55. The smallest absolute Gasteiger partial charge is 0.253 e. The van der Waals surface area contributed by atoms with Crippen LogP contribution in [-0.2, 0) is 0 Å². The van der Waals surface area contributed by atoms with Gasteiger partial charge < -0.3 is 4.90 Å². The highest BCUT2D eigenvalue weighted by Gasteiger charge is 2.23. The van der Waals surface area contributed by atoms with Crippen molar-refractivity contribution in [1.82, 2.24) is 4.90 Å². The molecule has 0 bridgehead atoms. The van der Waals surface area contributed by atoms with Crippen molar-refractivity contribution in [2.45, 2.75) is 18.2 Å². The van der Waals surface area contributed by atoms with Crippen LogP contribution in [0.25, 0.3) is 0 Å². The number of carbonyl (C=O) groups excluding carboxylic acids is 1. The number of rotatable bonds is 1. The second kappa shape index (κ2) is 5.76. The summed E-state index contributed by atoms with van der Waals surface area (Å²) in [6, 6.07) is 5.40. The summed E-state index contributed by atoms with van der Waals surface area (Å²) in [7, 11) is 0. The Bertz CT molecular complexity index is 439. The molecule has 1 aromatic carbocycles. The Morgan fingerprint density at radius 2 is 2.24 bits per heavy atom. The number of amides is 1. The van der Waals surface area contributed by atoms with Crippen molar-refractivity contribution in [3.8, 4) is 0 Å². The molecule has 2 nitrogen and oxygen atoms in total. The molecule has 1 aliphatic rings. The third-order valence-corrected chi connectivity index (χ3v) is 4.75. The maximum Gasteiger partial charge on any atom is 0.253 e. The summed E-state index contributed by atoms with van der Waals surface area (Å²) < 4.78 is 0.953. The number of hydrogen-bond acceptors (Lipinski definition) is 1. The van der Waals surface area contributed by atoms with Crippen LogP contribution in [0.3, 0.4) is 0 Å². The van der Waals surface area contributed by atoms with E-state index in [1.54, 1.807) is 11.0 Å². The molecule has 0 N–H and O–H groups in total. The molecule has 5 heteroatoms. The van der Waals surface area contributed by atoms with E-state index in [1.807, 2.05) is 12.1 Å². The fourth-order valence-corrected chi connectivity index (χ4v) is 2.76. The number of carbonyl (C=O) groups is 1. The minimum Gasteiger partial charge on any atom is -0.337 e. The van der Waals surface area contributed by atoms with Gasteiger partial charge in [-0.2, -0.15) is 0 Å². The molecule has 1 amide bonds. The largest absolute Gasteiger partial charge is 0.337 e. The van der Waals surface area contributed by atoms with E-state index in [2.05, 4.69) is 22.6 Å². The van der Waals surface area contributed by atoms with Gasteiger partial charge in [0.25, 0.3) is 5.91 Å². The molecular formula is C12H12Cl2INO. The average molecular weight is 384 g/mol. The van der Waals surface area contributed by atoms with Gasteiger partial charge in [-0.1, -0.05) is 11.6 Å². The van der Waals surface area contributed by atoms with Crippen molar-refractivity contribution < 1.29 is 4.79 Å². The minimum atomic E-state index is 0.0219. The van der Waals surface area contributed by atoms with Crippen molar-refractivity contribution in [2.75, 3.05) is 13.1 Å². The highest BCUT2D eigenvalue weighted by atomic mass is 127. The maximum absolute atomic E-state index is 12.2. The van der Waals surface area contributed by atoms with Crippen molar-refractivity contribution in [3.63, 3.8) is 0 Å². The number of hydrogen-bond donors (Lipinski definition) is 0. The molecule has 0 saturated carbocycles. The van der Waals surface area contributed by atoms with Crippen LogP contribution >= 0.6 is 45.8 Å². The van der Waals surface area contributed by atoms with Crippen molar-refractivity contribution in [2.24, 2.45) is 0 Å². The van der Waals surface area contributed by atoms with E-state index in [4.69, 9.17) is 23.2 Å². The van der Waals surface area contributed by atoms with Gasteiger partial charge in [0.1, 0.15) is 0 Å². The summed E-state index contributed by atoms with van der Waals surface area (Å²) >= 11 is 14.2. The Morgan fingerprint density at radius 1 is 1.47 bits per heavy atom. The number of halogens is 3. The summed E-state index contributed by atoms with van der Waals surface area (Å²) in [5, 5.41) is 0.697. The van der Waals surface area contributed by atoms with E-state index in [1.165, 1.54) is 0 Å². The first-order valence-electron chi connectivity index (χ1n) is 5.46. The van der Waals surface area contributed by atoms with Crippen molar-refractivity contribution >= 4 is 51.7 Å². The van der Waals surface area contributed by atoms with E-state index >= 15 is 0 Å². The molecule has 1 unspecified atom stereocenters. The van der Waals surface area contributed by atoms with Gasteiger partial charge in [-0.15, -0.1) is 11.6 Å². The number of likely N-dealkylation sites (tertiary alicyclic amines) is 1. The number of nitrogens with zero attached hydrogens (tertiary/aromatic N) is 1. The fourth-order valence-electron chi connectivity index (χ4n) is 1.92. The van der Waals surface area contributed by atoms with E-state index in [0.29, 0.717) is 17.1 Å². The molecule has 1 aromatic rings. The van der Waals surface area contributed by atoms with Gasteiger partial charge in [0.05, 0.1) is 10.4 Å². The van der Waals surface area contributed by atoms with Crippen LogP contribution in [-0.4, -0.2) is 29.3 Å². The maximum atomic E-state index is 12.2. The van der Waals surface area contributed by atoms with Crippen LogP contribution in [0.2, 0.25) is 5.02 Å². The van der Waals surface area contributed by atoms with Crippen LogP contribution < -0.4 is 0 Å². The lowest BCUT2D eigenvalue weighted by Crippen LogP contribution is -2.40. The molecule has 0 aliphatic carbocycles. The molecule has 0 aromatic heterocycles. The lowest BCUT2D eigenvalue weighted by molar-refractivity contribution is 0.0727. The van der Waals surface area contributed by atoms with Crippen LogP contribution in [0, 0.1) is 3.57 Å². The Balaban J connectivity index is 2.15.